The predicted octanol–water partition coefficient (Wildman–Crippen LogP) is 5.45. The summed E-state index contributed by atoms with van der Waals surface area (Å²) in [5, 5.41) is 0. The molecule has 0 radical (unpaired) electrons. The van der Waals surface area contributed by atoms with E-state index in [0.717, 1.165) is 12.8 Å². The van der Waals surface area contributed by atoms with Crippen LogP contribution in [0.1, 0.15) is 33.4 Å². The average molecular weight is 282 g/mol. The number of hydrogen-bond acceptors (Lipinski definition) is 0. The molecule has 0 saturated carbocycles. The third kappa shape index (κ3) is 1.53. The van der Waals surface area contributed by atoms with Gasteiger partial charge in [-0.25, -0.2) is 0 Å². The third-order valence-electron chi connectivity index (χ3n) is 5.33. The minimum Gasteiger partial charge on any atom is -0.0614 e. The molecule has 22 heavy (non-hydrogen) atoms. The number of aryl methyl sites for hydroxylation is 2. The molecule has 0 spiro atoms. The summed E-state index contributed by atoms with van der Waals surface area (Å²) in [4.78, 5) is 0. The minimum absolute atomic E-state index is 1.08. The van der Waals surface area contributed by atoms with Crippen molar-refractivity contribution in [1.82, 2.24) is 0 Å². The van der Waals surface area contributed by atoms with Gasteiger partial charge in [-0.1, -0.05) is 42.0 Å². The first kappa shape index (κ1) is 12.2. The van der Waals surface area contributed by atoms with Gasteiger partial charge in [0.15, 0.2) is 0 Å². The van der Waals surface area contributed by atoms with E-state index < -0.39 is 0 Å². The lowest BCUT2D eigenvalue weighted by atomic mass is 9.98. The maximum Gasteiger partial charge on any atom is -0.00106 e. The van der Waals surface area contributed by atoms with Gasteiger partial charge in [-0.3, -0.25) is 0 Å². The molecule has 5 rings (SSSR count). The Hall–Kier alpha value is -2.34. The fourth-order valence-electron chi connectivity index (χ4n) is 4.20. The molecule has 3 aromatic carbocycles. The van der Waals surface area contributed by atoms with Crippen molar-refractivity contribution in [3.05, 3.63) is 81.9 Å². The first-order valence-electron chi connectivity index (χ1n) is 8.05. The summed E-state index contributed by atoms with van der Waals surface area (Å²) < 4.78 is 0. The van der Waals surface area contributed by atoms with E-state index in [-0.39, 0.29) is 0 Å². The lowest BCUT2D eigenvalue weighted by Gasteiger charge is -2.06. The van der Waals surface area contributed by atoms with Crippen LogP contribution in [0, 0.1) is 13.8 Å². The number of hydrogen-bond donors (Lipinski definition) is 0. The van der Waals surface area contributed by atoms with Gasteiger partial charge in [0.1, 0.15) is 0 Å². The lowest BCUT2D eigenvalue weighted by molar-refractivity contribution is 1.21. The van der Waals surface area contributed by atoms with E-state index in [1.165, 1.54) is 55.6 Å². The molecule has 2 aliphatic rings. The molecule has 0 unspecified atom stereocenters. The highest BCUT2D eigenvalue weighted by molar-refractivity contribution is 5.86. The zero-order chi connectivity index (χ0) is 14.8. The monoisotopic (exact) mass is 282 g/mol. The van der Waals surface area contributed by atoms with E-state index in [2.05, 4.69) is 62.4 Å². The van der Waals surface area contributed by atoms with Crippen LogP contribution < -0.4 is 0 Å². The van der Waals surface area contributed by atoms with Crippen LogP contribution in [0.2, 0.25) is 0 Å². The summed E-state index contributed by atoms with van der Waals surface area (Å²) in [6.45, 7) is 4.42. The van der Waals surface area contributed by atoms with Gasteiger partial charge in [0.05, 0.1) is 0 Å². The van der Waals surface area contributed by atoms with Crippen LogP contribution in [0.3, 0.4) is 0 Å². The number of benzene rings is 3. The lowest BCUT2D eigenvalue weighted by Crippen LogP contribution is -1.86. The Labute approximate surface area is 131 Å². The molecule has 0 N–H and O–H groups in total. The van der Waals surface area contributed by atoms with Crippen molar-refractivity contribution in [2.24, 2.45) is 0 Å². The predicted molar refractivity (Wildman–Crippen MR) is 92.4 cm³/mol. The molecule has 0 fully saturated rings. The van der Waals surface area contributed by atoms with Gasteiger partial charge in [-0.05, 0) is 88.9 Å². The topological polar surface area (TPSA) is 0 Å². The second-order valence-corrected chi connectivity index (χ2v) is 6.78. The van der Waals surface area contributed by atoms with E-state index in [1.54, 1.807) is 0 Å². The van der Waals surface area contributed by atoms with Gasteiger partial charge < -0.3 is 0 Å². The maximum atomic E-state index is 2.45. The zero-order valence-electron chi connectivity index (χ0n) is 13.0. The van der Waals surface area contributed by atoms with Gasteiger partial charge in [0, 0.05) is 0 Å². The van der Waals surface area contributed by atoms with Crippen molar-refractivity contribution in [1.29, 1.82) is 0 Å². The molecular weight excluding hydrogens is 264 g/mol. The maximum absolute atomic E-state index is 2.45. The third-order valence-corrected chi connectivity index (χ3v) is 5.33. The Balaban J connectivity index is 1.72. The van der Waals surface area contributed by atoms with Crippen LogP contribution in [0.25, 0.3) is 22.3 Å². The smallest absolute Gasteiger partial charge is 0.00106 e. The molecule has 0 atom stereocenters. The number of fused-ring (bicyclic) bond motifs is 6. The van der Waals surface area contributed by atoms with Crippen LogP contribution in [-0.2, 0) is 12.8 Å². The van der Waals surface area contributed by atoms with Crippen LogP contribution >= 0.6 is 0 Å². The van der Waals surface area contributed by atoms with Crippen LogP contribution in [0.4, 0.5) is 0 Å². The SMILES string of the molecule is Cc1ccc2c(c1)Cc1cc3c(cc1-2)Cc1c(C)cccc1-3. The van der Waals surface area contributed by atoms with E-state index in [1.807, 2.05) is 0 Å². The molecule has 0 saturated heterocycles. The highest BCUT2D eigenvalue weighted by Gasteiger charge is 2.25. The van der Waals surface area contributed by atoms with E-state index in [9.17, 15) is 0 Å². The molecule has 0 aliphatic heterocycles. The van der Waals surface area contributed by atoms with Gasteiger partial charge in [0.25, 0.3) is 0 Å². The molecule has 0 heteroatoms. The molecule has 3 aromatic rings. The van der Waals surface area contributed by atoms with E-state index >= 15 is 0 Å². The van der Waals surface area contributed by atoms with Crippen LogP contribution in [0.15, 0.2) is 48.5 Å². The normalized spacial score (nSPS) is 13.5. The quantitative estimate of drug-likeness (QED) is 0.354. The average Bonchev–Trinajstić information content (AvgIpc) is 3.03. The molecule has 0 bridgehead atoms. The highest BCUT2D eigenvalue weighted by atomic mass is 14.3. The van der Waals surface area contributed by atoms with Crippen LogP contribution in [-0.4, -0.2) is 0 Å². The van der Waals surface area contributed by atoms with Gasteiger partial charge in [-0.15, -0.1) is 0 Å². The second kappa shape index (κ2) is 4.10. The Bertz CT molecular complexity index is 944. The highest BCUT2D eigenvalue weighted by Crippen LogP contribution is 2.45. The van der Waals surface area contributed by atoms with Crippen molar-refractivity contribution in [2.75, 3.05) is 0 Å². The van der Waals surface area contributed by atoms with Gasteiger partial charge >= 0.3 is 0 Å². The van der Waals surface area contributed by atoms with E-state index in [4.69, 9.17) is 0 Å². The number of rotatable bonds is 0. The first-order valence-corrected chi connectivity index (χ1v) is 8.05. The van der Waals surface area contributed by atoms with Crippen molar-refractivity contribution < 1.29 is 0 Å². The van der Waals surface area contributed by atoms with Crippen LogP contribution in [0.5, 0.6) is 0 Å². The summed E-state index contributed by atoms with van der Waals surface area (Å²) in [6.07, 6.45) is 2.17. The molecule has 0 aromatic heterocycles. The van der Waals surface area contributed by atoms with Crippen molar-refractivity contribution in [3.63, 3.8) is 0 Å². The Morgan fingerprint density at radius 3 is 2.23 bits per heavy atom. The second-order valence-electron chi connectivity index (χ2n) is 6.78. The molecule has 106 valence electrons. The summed E-state index contributed by atoms with van der Waals surface area (Å²) in [5.74, 6) is 0. The Morgan fingerprint density at radius 2 is 1.36 bits per heavy atom. The first-order chi connectivity index (χ1) is 10.7. The molecule has 0 amide bonds. The molecule has 0 nitrogen and oxygen atoms in total. The van der Waals surface area contributed by atoms with Crippen molar-refractivity contribution >= 4 is 0 Å². The fraction of sp³-hybridized carbons (Fsp3) is 0.182. The minimum atomic E-state index is 1.08. The Kier molecular flexibility index (Phi) is 2.28. The standard InChI is InChI=1S/C22H18/c1-13-6-7-18-15(8-13)9-16-11-22-17(12-21(16)18)10-20-14(2)4-3-5-19(20)22/h3-8,11-12H,9-10H2,1-2H3. The summed E-state index contributed by atoms with van der Waals surface area (Å²) in [6, 6.07) is 18.5. The molecule has 2 aliphatic carbocycles. The van der Waals surface area contributed by atoms with Crippen molar-refractivity contribution in [3.8, 4) is 22.3 Å². The molecular formula is C22H18. The van der Waals surface area contributed by atoms with Gasteiger partial charge in [-0.2, -0.15) is 0 Å². The summed E-state index contributed by atoms with van der Waals surface area (Å²) in [5.41, 5.74) is 14.6. The fourth-order valence-corrected chi connectivity index (χ4v) is 4.20. The largest absolute Gasteiger partial charge is 0.0614 e. The van der Waals surface area contributed by atoms with Crippen molar-refractivity contribution in [2.45, 2.75) is 26.7 Å². The Morgan fingerprint density at radius 1 is 0.636 bits per heavy atom. The molecule has 0 heterocycles. The van der Waals surface area contributed by atoms with E-state index in [0.29, 0.717) is 0 Å². The van der Waals surface area contributed by atoms with Gasteiger partial charge in [0.2, 0.25) is 0 Å². The summed E-state index contributed by atoms with van der Waals surface area (Å²) in [7, 11) is 0. The summed E-state index contributed by atoms with van der Waals surface area (Å²) >= 11 is 0. The zero-order valence-corrected chi connectivity index (χ0v) is 13.0.